The van der Waals surface area contributed by atoms with Crippen LogP contribution in [0.3, 0.4) is 0 Å². The average Bonchev–Trinajstić information content (AvgIpc) is 3.22. The Hall–Kier alpha value is -1.66. The highest BCUT2D eigenvalue weighted by molar-refractivity contribution is 5.76. The normalized spacial score (nSPS) is 12.8. The SMILES string of the molecule is CCCCCCCCCC/C=C/C(O)C(CO)NC(=O)CCCCCCC/C=C\CCCCCCCCCOC(=O)CCCCCCCCCCCCCCCCC. The molecule has 0 aliphatic heterocycles. The van der Waals surface area contributed by atoms with E-state index >= 15 is 0 Å². The molecule has 2 unspecified atom stereocenters. The molecule has 0 aromatic carbocycles. The van der Waals surface area contributed by atoms with Crippen LogP contribution < -0.4 is 5.32 Å². The van der Waals surface area contributed by atoms with E-state index in [1.807, 2.05) is 6.08 Å². The number of carbonyl (C=O) groups is 2. The summed E-state index contributed by atoms with van der Waals surface area (Å²) >= 11 is 0. The van der Waals surface area contributed by atoms with Gasteiger partial charge in [0.05, 0.1) is 25.4 Å². The van der Waals surface area contributed by atoms with Gasteiger partial charge >= 0.3 is 5.97 Å². The second kappa shape index (κ2) is 48.0. The quantitative estimate of drug-likeness (QED) is 0.0323. The van der Waals surface area contributed by atoms with E-state index < -0.39 is 12.1 Å². The molecule has 3 N–H and O–H groups in total. The van der Waals surface area contributed by atoms with Crippen LogP contribution in [0.2, 0.25) is 0 Å². The molecule has 6 heteroatoms. The molecule has 0 aliphatic rings. The maximum absolute atomic E-state index is 12.4. The molecule has 0 saturated heterocycles. The molecule has 6 nitrogen and oxygen atoms in total. The van der Waals surface area contributed by atoms with Gasteiger partial charge in [-0.3, -0.25) is 9.59 Å². The maximum atomic E-state index is 12.4. The van der Waals surface area contributed by atoms with Crippen molar-refractivity contribution in [2.45, 2.75) is 283 Å². The summed E-state index contributed by atoms with van der Waals surface area (Å²) in [5.74, 6) is -0.0888. The van der Waals surface area contributed by atoms with Crippen molar-refractivity contribution < 1.29 is 24.5 Å². The van der Waals surface area contributed by atoms with E-state index in [0.29, 0.717) is 19.4 Å². The Morgan fingerprint density at radius 3 is 1.22 bits per heavy atom. The molecule has 0 radical (unpaired) electrons. The zero-order valence-corrected chi connectivity index (χ0v) is 38.8. The Kier molecular flexibility index (Phi) is 46.6. The van der Waals surface area contributed by atoms with Gasteiger partial charge in [0.1, 0.15) is 0 Å². The Balaban J connectivity index is 3.46. The van der Waals surface area contributed by atoms with Gasteiger partial charge in [0.2, 0.25) is 5.91 Å². The van der Waals surface area contributed by atoms with Crippen LogP contribution in [-0.2, 0) is 14.3 Å². The van der Waals surface area contributed by atoms with Crippen LogP contribution in [0.1, 0.15) is 271 Å². The number of nitrogens with one attached hydrogen (secondary N) is 1. The zero-order valence-electron chi connectivity index (χ0n) is 38.8. The van der Waals surface area contributed by atoms with Gasteiger partial charge in [0.25, 0.3) is 0 Å². The first-order chi connectivity index (χ1) is 28.5. The van der Waals surface area contributed by atoms with E-state index in [1.165, 1.54) is 180 Å². The molecule has 0 spiro atoms. The number of unbranched alkanes of at least 4 members (excludes halogenated alkanes) is 34. The van der Waals surface area contributed by atoms with Crippen LogP contribution in [0.25, 0.3) is 0 Å². The number of esters is 1. The Morgan fingerprint density at radius 1 is 0.466 bits per heavy atom. The lowest BCUT2D eigenvalue weighted by molar-refractivity contribution is -0.143. The minimum Gasteiger partial charge on any atom is -0.466 e. The summed E-state index contributed by atoms with van der Waals surface area (Å²) in [4.78, 5) is 24.4. The first kappa shape index (κ1) is 56.3. The van der Waals surface area contributed by atoms with E-state index in [2.05, 4.69) is 31.3 Å². The number of ether oxygens (including phenoxy) is 1. The fourth-order valence-corrected chi connectivity index (χ4v) is 7.74. The van der Waals surface area contributed by atoms with Crippen LogP contribution >= 0.6 is 0 Å². The van der Waals surface area contributed by atoms with Crippen molar-refractivity contribution in [1.82, 2.24) is 5.32 Å². The number of hydrogen-bond acceptors (Lipinski definition) is 5. The largest absolute Gasteiger partial charge is 0.466 e. The average molecular weight is 818 g/mol. The summed E-state index contributed by atoms with van der Waals surface area (Å²) in [5.41, 5.74) is 0. The monoisotopic (exact) mass is 818 g/mol. The lowest BCUT2D eigenvalue weighted by atomic mass is 10.0. The third-order valence-electron chi connectivity index (χ3n) is 11.7. The lowest BCUT2D eigenvalue weighted by Gasteiger charge is -2.20. The van der Waals surface area contributed by atoms with E-state index in [-0.39, 0.29) is 18.5 Å². The topological polar surface area (TPSA) is 95.9 Å². The molecule has 342 valence electrons. The molecule has 0 rings (SSSR count). The maximum Gasteiger partial charge on any atom is 0.305 e. The van der Waals surface area contributed by atoms with Gasteiger partial charge in [-0.05, 0) is 57.8 Å². The van der Waals surface area contributed by atoms with E-state index in [9.17, 15) is 19.8 Å². The molecule has 0 aromatic heterocycles. The minimum absolute atomic E-state index is 0.00160. The first-order valence-electron chi connectivity index (χ1n) is 25.6. The van der Waals surface area contributed by atoms with Gasteiger partial charge in [-0.15, -0.1) is 0 Å². The minimum atomic E-state index is -0.852. The molecular weight excluding hydrogens is 719 g/mol. The molecule has 1 amide bonds. The highest BCUT2D eigenvalue weighted by Gasteiger charge is 2.18. The summed E-state index contributed by atoms with van der Waals surface area (Å²) in [6, 6.07) is -0.637. The van der Waals surface area contributed by atoms with Gasteiger partial charge < -0.3 is 20.3 Å². The van der Waals surface area contributed by atoms with Crippen LogP contribution in [-0.4, -0.2) is 47.4 Å². The molecule has 0 bridgehead atoms. The number of hydrogen-bond donors (Lipinski definition) is 3. The smallest absolute Gasteiger partial charge is 0.305 e. The molecule has 0 aliphatic carbocycles. The summed E-state index contributed by atoms with van der Waals surface area (Å²) in [6.45, 7) is 4.86. The number of rotatable bonds is 47. The predicted octanol–water partition coefficient (Wildman–Crippen LogP) is 15.1. The van der Waals surface area contributed by atoms with Crippen LogP contribution in [0.5, 0.6) is 0 Å². The second-order valence-corrected chi connectivity index (χ2v) is 17.5. The van der Waals surface area contributed by atoms with Gasteiger partial charge in [-0.1, -0.05) is 224 Å². The predicted molar refractivity (Wildman–Crippen MR) is 250 cm³/mol. The lowest BCUT2D eigenvalue weighted by Crippen LogP contribution is -2.45. The fraction of sp³-hybridized carbons (Fsp3) is 0.885. The summed E-state index contributed by atoms with van der Waals surface area (Å²) in [5, 5.41) is 22.9. The summed E-state index contributed by atoms with van der Waals surface area (Å²) in [6.07, 6.45) is 56.1. The van der Waals surface area contributed by atoms with Crippen molar-refractivity contribution in [3.63, 3.8) is 0 Å². The van der Waals surface area contributed by atoms with Crippen molar-refractivity contribution in [2.24, 2.45) is 0 Å². The fourth-order valence-electron chi connectivity index (χ4n) is 7.74. The highest BCUT2D eigenvalue weighted by Crippen LogP contribution is 2.15. The molecule has 0 heterocycles. The Labute approximate surface area is 361 Å². The Bertz CT molecular complexity index is 904. The van der Waals surface area contributed by atoms with Crippen molar-refractivity contribution in [2.75, 3.05) is 13.2 Å². The molecule has 2 atom stereocenters. The molecule has 0 saturated carbocycles. The Morgan fingerprint density at radius 2 is 0.810 bits per heavy atom. The van der Waals surface area contributed by atoms with Crippen molar-refractivity contribution >= 4 is 11.9 Å². The third-order valence-corrected chi connectivity index (χ3v) is 11.7. The molecular formula is C52H99NO5. The standard InChI is InChI=1S/C52H99NO5/c1-3-5-7-9-11-13-15-16-19-23-26-30-34-38-42-46-52(57)58-47-43-39-35-31-27-24-21-18-17-20-22-25-29-33-37-41-45-51(56)53-49(48-54)50(55)44-40-36-32-28-14-12-10-8-6-4-2/h17,20,40,44,49-50,54-55H,3-16,18-19,21-39,41-43,45-48H2,1-2H3,(H,53,56)/b20-17-,44-40+. The van der Waals surface area contributed by atoms with Crippen LogP contribution in [0, 0.1) is 0 Å². The first-order valence-corrected chi connectivity index (χ1v) is 25.6. The van der Waals surface area contributed by atoms with Crippen molar-refractivity contribution in [3.05, 3.63) is 24.3 Å². The summed E-state index contributed by atoms with van der Waals surface area (Å²) in [7, 11) is 0. The van der Waals surface area contributed by atoms with Crippen molar-refractivity contribution in [1.29, 1.82) is 0 Å². The van der Waals surface area contributed by atoms with Crippen LogP contribution in [0.4, 0.5) is 0 Å². The van der Waals surface area contributed by atoms with Gasteiger partial charge in [-0.2, -0.15) is 0 Å². The molecule has 0 aromatic rings. The van der Waals surface area contributed by atoms with E-state index in [1.54, 1.807) is 6.08 Å². The number of allylic oxidation sites excluding steroid dienone is 3. The number of carbonyl (C=O) groups excluding carboxylic acids is 2. The van der Waals surface area contributed by atoms with Gasteiger partial charge in [0, 0.05) is 12.8 Å². The number of aliphatic hydroxyl groups excluding tert-OH is 2. The molecule has 58 heavy (non-hydrogen) atoms. The molecule has 0 fully saturated rings. The summed E-state index contributed by atoms with van der Waals surface area (Å²) < 4.78 is 5.46. The van der Waals surface area contributed by atoms with Gasteiger partial charge in [-0.25, -0.2) is 0 Å². The highest BCUT2D eigenvalue weighted by atomic mass is 16.5. The van der Waals surface area contributed by atoms with E-state index in [0.717, 1.165) is 64.2 Å². The number of aliphatic hydroxyl groups is 2. The van der Waals surface area contributed by atoms with Gasteiger partial charge in [0.15, 0.2) is 0 Å². The number of amides is 1. The third kappa shape index (κ3) is 43.9. The van der Waals surface area contributed by atoms with Crippen molar-refractivity contribution in [3.8, 4) is 0 Å². The second-order valence-electron chi connectivity index (χ2n) is 17.5. The van der Waals surface area contributed by atoms with Crippen LogP contribution in [0.15, 0.2) is 24.3 Å². The zero-order chi connectivity index (χ0) is 42.3. The van der Waals surface area contributed by atoms with E-state index in [4.69, 9.17) is 4.74 Å².